The zero-order chi connectivity index (χ0) is 9.19. The lowest BCUT2D eigenvalue weighted by Gasteiger charge is -2.42. The molecule has 1 aliphatic carbocycles. The maximum absolute atomic E-state index is 5.88. The first kappa shape index (κ1) is 10.0. The number of nitrogens with two attached hydrogens (primary N) is 1. The minimum atomic E-state index is 0.371. The molecule has 1 aliphatic rings. The fourth-order valence-corrected chi connectivity index (χ4v) is 2.27. The van der Waals surface area contributed by atoms with Gasteiger partial charge < -0.3 is 11.1 Å². The summed E-state index contributed by atoms with van der Waals surface area (Å²) < 4.78 is 0. The highest BCUT2D eigenvalue weighted by atomic mass is 15.0. The standard InChI is InChI=1S/C10H22N2/c1-8(2)10(12-3)6-4-9(11)5-7-10/h8-9,12H,4-7,11H2,1-3H3. The van der Waals surface area contributed by atoms with Crippen LogP contribution < -0.4 is 11.1 Å². The van der Waals surface area contributed by atoms with Crippen LogP contribution in [-0.4, -0.2) is 18.6 Å². The van der Waals surface area contributed by atoms with Crippen LogP contribution in [0.4, 0.5) is 0 Å². The van der Waals surface area contributed by atoms with Gasteiger partial charge in [-0.1, -0.05) is 13.8 Å². The number of hydrogen-bond acceptors (Lipinski definition) is 2. The highest BCUT2D eigenvalue weighted by Gasteiger charge is 2.35. The van der Waals surface area contributed by atoms with Crippen molar-refractivity contribution in [3.63, 3.8) is 0 Å². The maximum atomic E-state index is 5.88. The van der Waals surface area contributed by atoms with E-state index in [-0.39, 0.29) is 0 Å². The molecule has 0 radical (unpaired) electrons. The normalized spacial score (nSPS) is 37.2. The highest BCUT2D eigenvalue weighted by Crippen LogP contribution is 2.33. The Morgan fingerprint density at radius 1 is 1.33 bits per heavy atom. The molecule has 1 fully saturated rings. The van der Waals surface area contributed by atoms with E-state index < -0.39 is 0 Å². The Morgan fingerprint density at radius 2 is 1.83 bits per heavy atom. The van der Waals surface area contributed by atoms with Gasteiger partial charge in [-0.15, -0.1) is 0 Å². The summed E-state index contributed by atoms with van der Waals surface area (Å²) in [5.41, 5.74) is 6.25. The third-order valence-electron chi connectivity index (χ3n) is 3.53. The lowest BCUT2D eigenvalue weighted by molar-refractivity contribution is 0.167. The molecule has 0 saturated heterocycles. The van der Waals surface area contributed by atoms with Gasteiger partial charge in [-0.3, -0.25) is 0 Å². The molecule has 0 aromatic rings. The van der Waals surface area contributed by atoms with E-state index in [1.54, 1.807) is 0 Å². The molecule has 0 unspecified atom stereocenters. The van der Waals surface area contributed by atoms with Crippen molar-refractivity contribution in [2.75, 3.05) is 7.05 Å². The Balaban J connectivity index is 2.57. The lowest BCUT2D eigenvalue weighted by Crippen LogP contribution is -2.51. The molecule has 2 nitrogen and oxygen atoms in total. The van der Waals surface area contributed by atoms with E-state index in [9.17, 15) is 0 Å². The molecular weight excluding hydrogens is 148 g/mol. The highest BCUT2D eigenvalue weighted by molar-refractivity contribution is 4.95. The number of nitrogens with one attached hydrogen (secondary N) is 1. The van der Waals surface area contributed by atoms with Crippen molar-refractivity contribution in [1.82, 2.24) is 5.32 Å². The molecule has 0 amide bonds. The largest absolute Gasteiger partial charge is 0.328 e. The van der Waals surface area contributed by atoms with Crippen LogP contribution in [0.2, 0.25) is 0 Å². The van der Waals surface area contributed by atoms with Gasteiger partial charge in [0.15, 0.2) is 0 Å². The molecule has 0 aliphatic heterocycles. The molecule has 3 N–H and O–H groups in total. The molecule has 2 heteroatoms. The van der Waals surface area contributed by atoms with Crippen LogP contribution in [0.15, 0.2) is 0 Å². The third-order valence-corrected chi connectivity index (χ3v) is 3.53. The molecule has 0 atom stereocenters. The summed E-state index contributed by atoms with van der Waals surface area (Å²) in [4.78, 5) is 0. The van der Waals surface area contributed by atoms with Crippen molar-refractivity contribution in [2.24, 2.45) is 11.7 Å². The predicted octanol–water partition coefficient (Wildman–Crippen LogP) is 1.50. The molecule has 0 aromatic heterocycles. The van der Waals surface area contributed by atoms with Crippen LogP contribution in [0.5, 0.6) is 0 Å². The molecule has 1 saturated carbocycles. The predicted molar refractivity (Wildman–Crippen MR) is 53.1 cm³/mol. The van der Waals surface area contributed by atoms with Gasteiger partial charge in [0.05, 0.1) is 0 Å². The molecule has 0 spiro atoms. The summed E-state index contributed by atoms with van der Waals surface area (Å²) in [6.07, 6.45) is 4.84. The second-order valence-electron chi connectivity index (χ2n) is 4.40. The van der Waals surface area contributed by atoms with Gasteiger partial charge in [-0.25, -0.2) is 0 Å². The summed E-state index contributed by atoms with van der Waals surface area (Å²) >= 11 is 0. The van der Waals surface area contributed by atoms with Crippen LogP contribution in [0, 0.1) is 5.92 Å². The molecule has 72 valence electrons. The van der Waals surface area contributed by atoms with E-state index in [2.05, 4.69) is 26.2 Å². The second-order valence-corrected chi connectivity index (χ2v) is 4.40. The molecule has 12 heavy (non-hydrogen) atoms. The minimum absolute atomic E-state index is 0.371. The zero-order valence-electron chi connectivity index (χ0n) is 8.56. The minimum Gasteiger partial charge on any atom is -0.328 e. The van der Waals surface area contributed by atoms with Gasteiger partial charge >= 0.3 is 0 Å². The van der Waals surface area contributed by atoms with Crippen molar-refractivity contribution in [3.8, 4) is 0 Å². The zero-order valence-corrected chi connectivity index (χ0v) is 8.56. The Kier molecular flexibility index (Phi) is 3.13. The van der Waals surface area contributed by atoms with Gasteiger partial charge in [-0.2, -0.15) is 0 Å². The van der Waals surface area contributed by atoms with E-state index in [0.29, 0.717) is 11.6 Å². The topological polar surface area (TPSA) is 38.0 Å². The Morgan fingerprint density at radius 3 is 2.17 bits per heavy atom. The quantitative estimate of drug-likeness (QED) is 0.659. The first-order chi connectivity index (χ1) is 5.60. The van der Waals surface area contributed by atoms with E-state index in [1.807, 2.05) is 0 Å². The van der Waals surface area contributed by atoms with Gasteiger partial charge in [0.1, 0.15) is 0 Å². The SMILES string of the molecule is CNC1(C(C)C)CCC(N)CC1. The Bertz CT molecular complexity index is 135. The Labute approximate surface area is 75.9 Å². The van der Waals surface area contributed by atoms with Crippen molar-refractivity contribution >= 4 is 0 Å². The van der Waals surface area contributed by atoms with Crippen LogP contribution in [-0.2, 0) is 0 Å². The number of rotatable bonds is 2. The van der Waals surface area contributed by atoms with Gasteiger partial charge in [0.2, 0.25) is 0 Å². The average molecular weight is 170 g/mol. The molecular formula is C10H22N2. The molecule has 0 heterocycles. The smallest absolute Gasteiger partial charge is 0.0202 e. The Hall–Kier alpha value is -0.0800. The summed E-state index contributed by atoms with van der Waals surface area (Å²) in [7, 11) is 2.08. The fraction of sp³-hybridized carbons (Fsp3) is 1.00. The summed E-state index contributed by atoms with van der Waals surface area (Å²) in [5.74, 6) is 0.718. The van der Waals surface area contributed by atoms with E-state index in [1.165, 1.54) is 25.7 Å². The van der Waals surface area contributed by atoms with Crippen LogP contribution in [0.1, 0.15) is 39.5 Å². The monoisotopic (exact) mass is 170 g/mol. The van der Waals surface area contributed by atoms with Crippen molar-refractivity contribution in [1.29, 1.82) is 0 Å². The van der Waals surface area contributed by atoms with Crippen LogP contribution in [0.3, 0.4) is 0 Å². The number of hydrogen-bond donors (Lipinski definition) is 2. The van der Waals surface area contributed by atoms with Crippen LogP contribution >= 0.6 is 0 Å². The van der Waals surface area contributed by atoms with E-state index >= 15 is 0 Å². The van der Waals surface area contributed by atoms with Gasteiger partial charge in [0.25, 0.3) is 0 Å². The first-order valence-electron chi connectivity index (χ1n) is 5.05. The summed E-state index contributed by atoms with van der Waals surface area (Å²) in [6, 6.07) is 0.449. The first-order valence-corrected chi connectivity index (χ1v) is 5.05. The van der Waals surface area contributed by atoms with Crippen molar-refractivity contribution < 1.29 is 0 Å². The van der Waals surface area contributed by atoms with E-state index in [4.69, 9.17) is 5.73 Å². The second kappa shape index (κ2) is 3.75. The van der Waals surface area contributed by atoms with Crippen LogP contribution in [0.25, 0.3) is 0 Å². The average Bonchev–Trinajstić information content (AvgIpc) is 2.06. The van der Waals surface area contributed by atoms with E-state index in [0.717, 1.165) is 5.92 Å². The van der Waals surface area contributed by atoms with Gasteiger partial charge in [-0.05, 0) is 38.6 Å². The van der Waals surface area contributed by atoms with Crippen molar-refractivity contribution in [2.45, 2.75) is 51.1 Å². The third kappa shape index (κ3) is 1.80. The molecule has 1 rings (SSSR count). The summed E-state index contributed by atoms with van der Waals surface area (Å²) in [6.45, 7) is 4.60. The maximum Gasteiger partial charge on any atom is 0.0202 e. The van der Waals surface area contributed by atoms with Gasteiger partial charge in [0, 0.05) is 11.6 Å². The summed E-state index contributed by atoms with van der Waals surface area (Å²) in [5, 5.41) is 3.48. The molecule has 0 aromatic carbocycles. The molecule has 0 bridgehead atoms. The fourth-order valence-electron chi connectivity index (χ4n) is 2.27. The lowest BCUT2D eigenvalue weighted by atomic mass is 9.73. The van der Waals surface area contributed by atoms with Crippen molar-refractivity contribution in [3.05, 3.63) is 0 Å².